The molecule has 122 valence electrons. The van der Waals surface area contributed by atoms with Crippen LogP contribution in [0, 0.1) is 0 Å². The van der Waals surface area contributed by atoms with E-state index in [4.69, 9.17) is 5.73 Å². The maximum atomic E-state index is 11.3. The highest BCUT2D eigenvalue weighted by Crippen LogP contribution is 2.34. The number of anilines is 1. The number of piperazine rings is 1. The van der Waals surface area contributed by atoms with Gasteiger partial charge < -0.3 is 15.5 Å². The van der Waals surface area contributed by atoms with Gasteiger partial charge >= 0.3 is 6.03 Å². The Morgan fingerprint density at radius 3 is 2.54 bits per heavy atom. The van der Waals surface area contributed by atoms with E-state index in [9.17, 15) is 4.79 Å². The number of rotatable bonds is 2. The maximum Gasteiger partial charge on any atom is 0.314 e. The molecule has 1 aliphatic rings. The van der Waals surface area contributed by atoms with E-state index in [0.717, 1.165) is 27.3 Å². The molecular weight excluding hydrogens is 324 g/mol. The van der Waals surface area contributed by atoms with Crippen LogP contribution < -0.4 is 10.6 Å². The lowest BCUT2D eigenvalue weighted by molar-refractivity contribution is 0.204. The minimum Gasteiger partial charge on any atom is -0.352 e. The summed E-state index contributed by atoms with van der Waals surface area (Å²) in [6, 6.07) is 9.66. The standard InChI is InChI=1S/C16H16N6OS/c17-16(23)22-8-6-21(7-9-22)15-14-13(18-10-19-15)12(20-24-14)11-4-2-1-3-5-11/h1-5,10H,6-9H2,(H2,17,23). The van der Waals surface area contributed by atoms with E-state index in [1.165, 1.54) is 11.5 Å². The molecule has 0 radical (unpaired) electrons. The van der Waals surface area contributed by atoms with E-state index < -0.39 is 0 Å². The van der Waals surface area contributed by atoms with Gasteiger partial charge in [-0.25, -0.2) is 14.8 Å². The average molecular weight is 340 g/mol. The van der Waals surface area contributed by atoms with Crippen molar-refractivity contribution in [3.8, 4) is 11.3 Å². The number of hydrogen-bond donors (Lipinski definition) is 1. The largest absolute Gasteiger partial charge is 0.352 e. The molecule has 4 rings (SSSR count). The van der Waals surface area contributed by atoms with E-state index in [0.29, 0.717) is 26.2 Å². The SMILES string of the molecule is NC(=O)N1CCN(c2ncnc3c(-c4ccccc4)nsc23)CC1. The van der Waals surface area contributed by atoms with Gasteiger partial charge in [0.05, 0.1) is 0 Å². The Morgan fingerprint density at radius 1 is 1.08 bits per heavy atom. The third kappa shape index (κ3) is 2.54. The number of nitrogens with zero attached hydrogens (tertiary/aromatic N) is 5. The summed E-state index contributed by atoms with van der Waals surface area (Å²) < 4.78 is 5.57. The van der Waals surface area contributed by atoms with Crippen LogP contribution in [0.25, 0.3) is 21.5 Å². The van der Waals surface area contributed by atoms with E-state index in [2.05, 4.69) is 19.2 Å². The number of hydrogen-bond acceptors (Lipinski definition) is 6. The molecule has 3 aromatic rings. The zero-order valence-electron chi connectivity index (χ0n) is 12.9. The van der Waals surface area contributed by atoms with E-state index in [1.807, 2.05) is 30.3 Å². The first kappa shape index (κ1) is 14.8. The molecule has 0 atom stereocenters. The quantitative estimate of drug-likeness (QED) is 0.770. The van der Waals surface area contributed by atoms with Crippen molar-refractivity contribution in [3.05, 3.63) is 36.7 Å². The number of carbonyl (C=O) groups excluding carboxylic acids is 1. The molecule has 8 heteroatoms. The molecule has 0 unspecified atom stereocenters. The Hall–Kier alpha value is -2.74. The van der Waals surface area contributed by atoms with Crippen LogP contribution in [0.1, 0.15) is 0 Å². The molecule has 1 aromatic carbocycles. The molecule has 0 bridgehead atoms. The zero-order chi connectivity index (χ0) is 16.5. The highest BCUT2D eigenvalue weighted by Gasteiger charge is 2.23. The van der Waals surface area contributed by atoms with Crippen molar-refractivity contribution in [1.29, 1.82) is 0 Å². The predicted molar refractivity (Wildman–Crippen MR) is 94.0 cm³/mol. The molecular formula is C16H16N6OS. The topological polar surface area (TPSA) is 88.2 Å². The van der Waals surface area contributed by atoms with Crippen molar-refractivity contribution in [1.82, 2.24) is 19.2 Å². The molecule has 0 saturated carbocycles. The summed E-state index contributed by atoms with van der Waals surface area (Å²) in [6.07, 6.45) is 1.58. The number of aromatic nitrogens is 3. The van der Waals surface area contributed by atoms with Crippen LogP contribution in [0.5, 0.6) is 0 Å². The van der Waals surface area contributed by atoms with Crippen LogP contribution in [0.3, 0.4) is 0 Å². The highest BCUT2D eigenvalue weighted by atomic mass is 32.1. The second kappa shape index (κ2) is 6.04. The first-order valence-corrected chi connectivity index (χ1v) is 8.46. The molecule has 1 aliphatic heterocycles. The van der Waals surface area contributed by atoms with Gasteiger partial charge in [0.2, 0.25) is 0 Å². The summed E-state index contributed by atoms with van der Waals surface area (Å²) in [5.74, 6) is 0.879. The average Bonchev–Trinajstić information content (AvgIpc) is 3.06. The zero-order valence-corrected chi connectivity index (χ0v) is 13.7. The van der Waals surface area contributed by atoms with Gasteiger partial charge in [0.1, 0.15) is 22.2 Å². The molecule has 0 spiro atoms. The molecule has 1 fully saturated rings. The van der Waals surface area contributed by atoms with Crippen molar-refractivity contribution >= 4 is 33.6 Å². The van der Waals surface area contributed by atoms with Crippen molar-refractivity contribution in [2.45, 2.75) is 0 Å². The number of amides is 2. The summed E-state index contributed by atoms with van der Waals surface area (Å²) in [7, 11) is 0. The lowest BCUT2D eigenvalue weighted by atomic mass is 10.1. The number of primary amides is 1. The Labute approximate surface area is 142 Å². The number of urea groups is 1. The molecule has 2 aromatic heterocycles. The van der Waals surface area contributed by atoms with Gasteiger partial charge in [-0.1, -0.05) is 30.3 Å². The fourth-order valence-corrected chi connectivity index (χ4v) is 3.77. The molecule has 2 N–H and O–H groups in total. The van der Waals surface area contributed by atoms with Crippen LogP contribution in [-0.2, 0) is 0 Å². The van der Waals surface area contributed by atoms with Crippen LogP contribution in [0.2, 0.25) is 0 Å². The molecule has 2 amide bonds. The van der Waals surface area contributed by atoms with Crippen LogP contribution in [0.15, 0.2) is 36.7 Å². The van der Waals surface area contributed by atoms with Gasteiger partial charge in [0.25, 0.3) is 0 Å². The molecule has 1 saturated heterocycles. The van der Waals surface area contributed by atoms with Crippen LogP contribution in [0.4, 0.5) is 10.6 Å². The first-order chi connectivity index (χ1) is 11.7. The summed E-state index contributed by atoms with van der Waals surface area (Å²) in [5.41, 5.74) is 8.15. The van der Waals surface area contributed by atoms with Crippen molar-refractivity contribution < 1.29 is 4.79 Å². The van der Waals surface area contributed by atoms with Gasteiger partial charge in [-0.2, -0.15) is 4.37 Å². The lowest BCUT2D eigenvalue weighted by Gasteiger charge is -2.34. The van der Waals surface area contributed by atoms with E-state index in [-0.39, 0.29) is 6.03 Å². The van der Waals surface area contributed by atoms with Gasteiger partial charge in [-0.05, 0) is 11.5 Å². The predicted octanol–water partition coefficient (Wildman–Crippen LogP) is 1.95. The molecule has 7 nitrogen and oxygen atoms in total. The summed E-state index contributed by atoms with van der Waals surface area (Å²) in [4.78, 5) is 24.0. The highest BCUT2D eigenvalue weighted by molar-refractivity contribution is 7.14. The second-order valence-electron chi connectivity index (χ2n) is 5.58. The maximum absolute atomic E-state index is 11.3. The lowest BCUT2D eigenvalue weighted by Crippen LogP contribution is -2.50. The smallest absolute Gasteiger partial charge is 0.314 e. The Bertz CT molecular complexity index is 873. The van der Waals surface area contributed by atoms with Gasteiger partial charge in [-0.15, -0.1) is 0 Å². The van der Waals surface area contributed by atoms with E-state index >= 15 is 0 Å². The Balaban J connectivity index is 1.68. The van der Waals surface area contributed by atoms with Crippen molar-refractivity contribution in [2.24, 2.45) is 5.73 Å². The third-order valence-corrected chi connectivity index (χ3v) is 5.01. The summed E-state index contributed by atoms with van der Waals surface area (Å²) >= 11 is 1.41. The monoisotopic (exact) mass is 340 g/mol. The van der Waals surface area contributed by atoms with Gasteiger partial charge in [-0.3, -0.25) is 0 Å². The minimum atomic E-state index is -0.369. The normalized spacial score (nSPS) is 15.0. The second-order valence-corrected chi connectivity index (χ2v) is 6.36. The molecule has 0 aliphatic carbocycles. The minimum absolute atomic E-state index is 0.369. The van der Waals surface area contributed by atoms with Crippen molar-refractivity contribution in [2.75, 3.05) is 31.1 Å². The summed E-state index contributed by atoms with van der Waals surface area (Å²) in [6.45, 7) is 2.61. The molecule has 24 heavy (non-hydrogen) atoms. The van der Waals surface area contributed by atoms with Crippen LogP contribution >= 0.6 is 11.5 Å². The first-order valence-electron chi connectivity index (χ1n) is 7.69. The van der Waals surface area contributed by atoms with E-state index in [1.54, 1.807) is 11.2 Å². The summed E-state index contributed by atoms with van der Waals surface area (Å²) in [5, 5.41) is 0. The Kier molecular flexibility index (Phi) is 3.73. The fraction of sp³-hybridized carbons (Fsp3) is 0.250. The van der Waals surface area contributed by atoms with Crippen LogP contribution in [-0.4, -0.2) is 51.5 Å². The molecule has 3 heterocycles. The number of nitrogens with two attached hydrogens (primary N) is 1. The third-order valence-electron chi connectivity index (χ3n) is 4.18. The Morgan fingerprint density at radius 2 is 1.83 bits per heavy atom. The number of carbonyl (C=O) groups is 1. The van der Waals surface area contributed by atoms with Gasteiger partial charge in [0.15, 0.2) is 5.82 Å². The van der Waals surface area contributed by atoms with Crippen molar-refractivity contribution in [3.63, 3.8) is 0 Å². The number of benzene rings is 1. The number of fused-ring (bicyclic) bond motifs is 1. The fourth-order valence-electron chi connectivity index (χ4n) is 2.90. The van der Waals surface area contributed by atoms with Gasteiger partial charge in [0, 0.05) is 31.7 Å².